The summed E-state index contributed by atoms with van der Waals surface area (Å²) < 4.78 is 0. The first-order valence-electron chi connectivity index (χ1n) is 7.02. The van der Waals surface area contributed by atoms with Crippen molar-refractivity contribution in [1.29, 1.82) is 0 Å². The van der Waals surface area contributed by atoms with Crippen LogP contribution in [0.15, 0.2) is 54.6 Å². The van der Waals surface area contributed by atoms with Crippen molar-refractivity contribution in [2.45, 2.75) is 12.8 Å². The van der Waals surface area contributed by atoms with Crippen LogP contribution in [-0.4, -0.2) is 12.5 Å². The second-order valence-electron chi connectivity index (χ2n) is 5.06. The number of carbonyl (C=O) groups excluding carboxylic acids is 1. The lowest BCUT2D eigenvalue weighted by atomic mass is 10.0. The summed E-state index contributed by atoms with van der Waals surface area (Å²) in [6.07, 6.45) is 3.16. The molecule has 0 aliphatic heterocycles. The van der Waals surface area contributed by atoms with Gasteiger partial charge in [0.15, 0.2) is 0 Å². The minimum atomic E-state index is -0.145. The highest BCUT2D eigenvalue weighted by Gasteiger charge is 2.06. The number of amides is 1. The molecule has 1 amide bonds. The smallest absolute Gasteiger partial charge is 0.244 e. The molecule has 1 atom stereocenters. The fourth-order valence-corrected chi connectivity index (χ4v) is 2.49. The monoisotopic (exact) mass is 333 g/mol. The first-order chi connectivity index (χ1) is 10.6. The number of hydrogen-bond donors (Lipinski definition) is 1. The molecule has 0 bridgehead atoms. The average molecular weight is 334 g/mol. The Morgan fingerprint density at radius 2 is 1.91 bits per heavy atom. The van der Waals surface area contributed by atoms with Crippen LogP contribution in [0.2, 0.25) is 10.0 Å². The molecule has 0 aliphatic rings. The molecule has 4 heteroatoms. The topological polar surface area (TPSA) is 29.1 Å². The summed E-state index contributed by atoms with van der Waals surface area (Å²) >= 11 is 11.9. The zero-order chi connectivity index (χ0) is 15.9. The van der Waals surface area contributed by atoms with Crippen molar-refractivity contribution >= 4 is 35.2 Å². The van der Waals surface area contributed by atoms with E-state index in [9.17, 15) is 4.79 Å². The van der Waals surface area contributed by atoms with Crippen molar-refractivity contribution in [3.8, 4) is 0 Å². The van der Waals surface area contributed by atoms with Crippen molar-refractivity contribution in [3.63, 3.8) is 0 Å². The van der Waals surface area contributed by atoms with Crippen molar-refractivity contribution in [2.75, 3.05) is 6.54 Å². The molecular formula is C18H17Cl2NO. The summed E-state index contributed by atoms with van der Waals surface area (Å²) in [7, 11) is 0. The molecule has 0 aliphatic carbocycles. The number of benzene rings is 2. The van der Waals surface area contributed by atoms with Gasteiger partial charge in [0, 0.05) is 22.7 Å². The summed E-state index contributed by atoms with van der Waals surface area (Å²) in [6.45, 7) is 2.66. The SMILES string of the molecule is C[C@@H](CNC(=O)/C=C/c1ccc(Cl)cc1Cl)c1ccccc1. The highest BCUT2D eigenvalue weighted by molar-refractivity contribution is 6.35. The van der Waals surface area contributed by atoms with Crippen LogP contribution in [0.3, 0.4) is 0 Å². The Labute approximate surface area is 140 Å². The van der Waals surface area contributed by atoms with E-state index in [2.05, 4.69) is 24.4 Å². The van der Waals surface area contributed by atoms with Gasteiger partial charge >= 0.3 is 0 Å². The molecule has 0 saturated heterocycles. The Balaban J connectivity index is 1.89. The van der Waals surface area contributed by atoms with E-state index in [0.29, 0.717) is 16.6 Å². The molecule has 0 saturated carbocycles. The fourth-order valence-electron chi connectivity index (χ4n) is 2.01. The van der Waals surface area contributed by atoms with Crippen LogP contribution in [-0.2, 0) is 4.79 Å². The molecule has 1 N–H and O–H groups in total. The van der Waals surface area contributed by atoms with Gasteiger partial charge in [-0.15, -0.1) is 0 Å². The molecule has 2 rings (SSSR count). The molecule has 114 valence electrons. The first-order valence-corrected chi connectivity index (χ1v) is 7.78. The molecular weight excluding hydrogens is 317 g/mol. The van der Waals surface area contributed by atoms with Gasteiger partial charge in [-0.1, -0.05) is 66.5 Å². The lowest BCUT2D eigenvalue weighted by molar-refractivity contribution is -0.116. The quantitative estimate of drug-likeness (QED) is 0.772. The van der Waals surface area contributed by atoms with E-state index in [1.165, 1.54) is 11.6 Å². The fraction of sp³-hybridized carbons (Fsp3) is 0.167. The van der Waals surface area contributed by atoms with Crippen LogP contribution in [0.5, 0.6) is 0 Å². The van der Waals surface area contributed by atoms with Gasteiger partial charge in [0.2, 0.25) is 5.91 Å². The molecule has 2 nitrogen and oxygen atoms in total. The summed E-state index contributed by atoms with van der Waals surface area (Å²) in [6, 6.07) is 15.3. The maximum atomic E-state index is 11.9. The molecule has 0 fully saturated rings. The van der Waals surface area contributed by atoms with Gasteiger partial charge in [-0.2, -0.15) is 0 Å². The summed E-state index contributed by atoms with van der Waals surface area (Å²) in [5.41, 5.74) is 1.96. The second-order valence-corrected chi connectivity index (χ2v) is 5.90. The van der Waals surface area contributed by atoms with Gasteiger partial charge < -0.3 is 5.32 Å². The number of hydrogen-bond acceptors (Lipinski definition) is 1. The third-order valence-electron chi connectivity index (χ3n) is 3.33. The maximum absolute atomic E-state index is 11.9. The Morgan fingerprint density at radius 3 is 2.59 bits per heavy atom. The summed E-state index contributed by atoms with van der Waals surface area (Å²) in [5.74, 6) is 0.117. The first kappa shape index (κ1) is 16.6. The lowest BCUT2D eigenvalue weighted by Gasteiger charge is -2.11. The highest BCUT2D eigenvalue weighted by Crippen LogP contribution is 2.21. The molecule has 0 aromatic heterocycles. The third kappa shape index (κ3) is 4.90. The van der Waals surface area contributed by atoms with Crippen LogP contribution in [0.4, 0.5) is 0 Å². The molecule has 0 radical (unpaired) electrons. The van der Waals surface area contributed by atoms with Crippen LogP contribution >= 0.6 is 23.2 Å². The Kier molecular flexibility index (Phi) is 6.05. The van der Waals surface area contributed by atoms with E-state index in [1.807, 2.05) is 18.2 Å². The average Bonchev–Trinajstić information content (AvgIpc) is 2.52. The maximum Gasteiger partial charge on any atom is 0.244 e. The minimum absolute atomic E-state index is 0.145. The van der Waals surface area contributed by atoms with E-state index in [-0.39, 0.29) is 11.8 Å². The Morgan fingerprint density at radius 1 is 1.18 bits per heavy atom. The van der Waals surface area contributed by atoms with Gasteiger partial charge in [-0.05, 0) is 35.3 Å². The predicted octanol–water partition coefficient (Wildman–Crippen LogP) is 4.93. The van der Waals surface area contributed by atoms with E-state index >= 15 is 0 Å². The van der Waals surface area contributed by atoms with Crippen LogP contribution in [0.1, 0.15) is 24.0 Å². The van der Waals surface area contributed by atoms with Crippen molar-refractivity contribution < 1.29 is 4.79 Å². The predicted molar refractivity (Wildman–Crippen MR) is 93.4 cm³/mol. The van der Waals surface area contributed by atoms with Gasteiger partial charge in [-0.25, -0.2) is 0 Å². The molecule has 2 aromatic carbocycles. The zero-order valence-corrected chi connectivity index (χ0v) is 13.7. The van der Waals surface area contributed by atoms with Crippen molar-refractivity contribution in [2.24, 2.45) is 0 Å². The number of halogens is 2. The van der Waals surface area contributed by atoms with Gasteiger partial charge in [0.1, 0.15) is 0 Å². The van der Waals surface area contributed by atoms with Gasteiger partial charge in [0.25, 0.3) is 0 Å². The summed E-state index contributed by atoms with van der Waals surface area (Å²) in [4.78, 5) is 11.9. The van der Waals surface area contributed by atoms with Gasteiger partial charge in [-0.3, -0.25) is 4.79 Å². The third-order valence-corrected chi connectivity index (χ3v) is 3.89. The largest absolute Gasteiger partial charge is 0.352 e. The van der Waals surface area contributed by atoms with Crippen LogP contribution in [0, 0.1) is 0 Å². The van der Waals surface area contributed by atoms with Crippen molar-refractivity contribution in [3.05, 3.63) is 75.8 Å². The molecule has 22 heavy (non-hydrogen) atoms. The van der Waals surface area contributed by atoms with E-state index in [4.69, 9.17) is 23.2 Å². The second kappa shape index (κ2) is 8.02. The molecule has 2 aromatic rings. The number of rotatable bonds is 5. The molecule has 0 heterocycles. The van der Waals surface area contributed by atoms with E-state index < -0.39 is 0 Å². The zero-order valence-electron chi connectivity index (χ0n) is 12.2. The Bertz CT molecular complexity index is 668. The number of carbonyl (C=O) groups is 1. The summed E-state index contributed by atoms with van der Waals surface area (Å²) in [5, 5.41) is 3.98. The lowest BCUT2D eigenvalue weighted by Crippen LogP contribution is -2.25. The van der Waals surface area contributed by atoms with Crippen LogP contribution < -0.4 is 5.32 Å². The minimum Gasteiger partial charge on any atom is -0.352 e. The van der Waals surface area contributed by atoms with Crippen LogP contribution in [0.25, 0.3) is 6.08 Å². The molecule has 0 unspecified atom stereocenters. The van der Waals surface area contributed by atoms with E-state index in [0.717, 1.165) is 5.56 Å². The normalized spacial score (nSPS) is 12.3. The number of nitrogens with one attached hydrogen (secondary N) is 1. The van der Waals surface area contributed by atoms with E-state index in [1.54, 1.807) is 24.3 Å². The molecule has 0 spiro atoms. The highest BCUT2D eigenvalue weighted by atomic mass is 35.5. The van der Waals surface area contributed by atoms with Crippen molar-refractivity contribution in [1.82, 2.24) is 5.32 Å². The van der Waals surface area contributed by atoms with Gasteiger partial charge in [0.05, 0.1) is 0 Å². The standard InChI is InChI=1S/C18H17Cl2NO/c1-13(14-5-3-2-4-6-14)12-21-18(22)10-8-15-7-9-16(19)11-17(15)20/h2-11,13H,12H2,1H3,(H,21,22)/b10-8+/t13-/m0/s1. The Hall–Kier alpha value is -1.77.